The number of nitrogens with one attached hydrogen (secondary N) is 1. The maximum absolute atomic E-state index is 5.42. The van der Waals surface area contributed by atoms with Gasteiger partial charge in [-0.05, 0) is 20.4 Å². The third-order valence-electron chi connectivity index (χ3n) is 2.39. The lowest BCUT2D eigenvalue weighted by atomic mass is 10.5. The molecule has 0 heterocycles. The van der Waals surface area contributed by atoms with Crippen LogP contribution >= 0.6 is 0 Å². The first-order valence-corrected chi connectivity index (χ1v) is 7.45. The Morgan fingerprint density at radius 3 is 1.55 bits per heavy atom. The molecule has 0 aliphatic rings. The molecule has 0 aromatic heterocycles. The van der Waals surface area contributed by atoms with Gasteiger partial charge in [0.05, 0.1) is 46.2 Å². The molecule has 0 radical (unpaired) electrons. The van der Waals surface area contributed by atoms with Crippen molar-refractivity contribution in [2.24, 2.45) is 0 Å². The molecule has 0 bridgehead atoms. The van der Waals surface area contributed by atoms with Crippen molar-refractivity contribution in [1.29, 1.82) is 0 Å². The molecule has 0 aromatic rings. The van der Waals surface area contributed by atoms with E-state index in [1.54, 1.807) is 0 Å². The Labute approximate surface area is 123 Å². The van der Waals surface area contributed by atoms with E-state index in [9.17, 15) is 0 Å². The monoisotopic (exact) mass is 293 g/mol. The minimum Gasteiger partial charge on any atom is -0.379 e. The second-order valence-electron chi connectivity index (χ2n) is 4.10. The molecular weight excluding hydrogens is 262 g/mol. The summed E-state index contributed by atoms with van der Waals surface area (Å²) in [4.78, 5) is 0. The van der Waals surface area contributed by atoms with Crippen LogP contribution in [0.1, 0.15) is 13.3 Å². The molecule has 0 rings (SSSR count). The van der Waals surface area contributed by atoms with E-state index in [0.717, 1.165) is 26.2 Å². The highest BCUT2D eigenvalue weighted by Gasteiger charge is 1.93. The molecule has 6 heteroatoms. The van der Waals surface area contributed by atoms with Crippen molar-refractivity contribution in [2.75, 3.05) is 79.7 Å². The molecule has 0 aliphatic heterocycles. The van der Waals surface area contributed by atoms with Gasteiger partial charge in [-0.3, -0.25) is 0 Å². The zero-order valence-corrected chi connectivity index (χ0v) is 13.0. The molecule has 0 aliphatic carbocycles. The van der Waals surface area contributed by atoms with Crippen LogP contribution in [0.2, 0.25) is 0 Å². The Morgan fingerprint density at radius 1 is 0.600 bits per heavy atom. The molecule has 0 saturated carbocycles. The van der Waals surface area contributed by atoms with E-state index in [4.69, 9.17) is 23.7 Å². The highest BCUT2D eigenvalue weighted by molar-refractivity contribution is 4.38. The lowest BCUT2D eigenvalue weighted by molar-refractivity contribution is 0.00689. The van der Waals surface area contributed by atoms with Crippen molar-refractivity contribution in [3.05, 3.63) is 0 Å². The fourth-order valence-corrected chi connectivity index (χ4v) is 1.34. The molecule has 0 atom stereocenters. The fourth-order valence-electron chi connectivity index (χ4n) is 1.34. The second-order valence-corrected chi connectivity index (χ2v) is 4.10. The maximum atomic E-state index is 5.42. The summed E-state index contributed by atoms with van der Waals surface area (Å²) in [5.74, 6) is 0. The first-order chi connectivity index (χ1) is 9.91. The van der Waals surface area contributed by atoms with Crippen LogP contribution in [0.25, 0.3) is 0 Å². The molecule has 0 fully saturated rings. The van der Waals surface area contributed by atoms with Crippen LogP contribution in [0, 0.1) is 0 Å². The molecule has 0 aromatic carbocycles. The molecule has 122 valence electrons. The lowest BCUT2D eigenvalue weighted by Crippen LogP contribution is -2.16. The summed E-state index contributed by atoms with van der Waals surface area (Å²) in [7, 11) is 1.90. The van der Waals surface area contributed by atoms with Crippen molar-refractivity contribution in [3.63, 3.8) is 0 Å². The van der Waals surface area contributed by atoms with Crippen LogP contribution in [0.15, 0.2) is 0 Å². The molecule has 0 amide bonds. The summed E-state index contributed by atoms with van der Waals surface area (Å²) in [6.07, 6.45) is 0.902. The van der Waals surface area contributed by atoms with Gasteiger partial charge in [0, 0.05) is 26.4 Å². The van der Waals surface area contributed by atoms with Gasteiger partial charge >= 0.3 is 0 Å². The van der Waals surface area contributed by atoms with Gasteiger partial charge in [-0.25, -0.2) is 0 Å². The van der Waals surface area contributed by atoms with Gasteiger partial charge in [0.2, 0.25) is 0 Å². The van der Waals surface area contributed by atoms with Crippen molar-refractivity contribution < 1.29 is 23.7 Å². The lowest BCUT2D eigenvalue weighted by Gasteiger charge is -2.07. The quantitative estimate of drug-likeness (QED) is 0.398. The number of hydrogen-bond donors (Lipinski definition) is 1. The number of likely N-dealkylation sites (N-methyl/N-ethyl adjacent to an activating group) is 1. The normalized spacial score (nSPS) is 11.1. The van der Waals surface area contributed by atoms with Gasteiger partial charge in [0.25, 0.3) is 0 Å². The molecule has 1 N–H and O–H groups in total. The van der Waals surface area contributed by atoms with Gasteiger partial charge < -0.3 is 29.0 Å². The van der Waals surface area contributed by atoms with E-state index in [1.807, 2.05) is 14.0 Å². The van der Waals surface area contributed by atoms with E-state index in [-0.39, 0.29) is 0 Å². The predicted molar refractivity (Wildman–Crippen MR) is 78.3 cm³/mol. The van der Waals surface area contributed by atoms with Crippen molar-refractivity contribution in [2.45, 2.75) is 13.3 Å². The Kier molecular flexibility index (Phi) is 18.5. The van der Waals surface area contributed by atoms with E-state index in [1.165, 1.54) is 0 Å². The molecular formula is C14H31NO5. The number of ether oxygens (including phenoxy) is 5. The molecule has 0 unspecified atom stereocenters. The largest absolute Gasteiger partial charge is 0.379 e. The van der Waals surface area contributed by atoms with E-state index < -0.39 is 0 Å². The number of rotatable bonds is 17. The SMILES string of the molecule is CCOCCOCCCOCCOCCOCCNC. The smallest absolute Gasteiger partial charge is 0.0701 e. The molecule has 6 nitrogen and oxygen atoms in total. The molecule has 0 saturated heterocycles. The third-order valence-corrected chi connectivity index (χ3v) is 2.39. The fraction of sp³-hybridized carbons (Fsp3) is 1.00. The molecule has 20 heavy (non-hydrogen) atoms. The minimum absolute atomic E-state index is 0.612. The topological polar surface area (TPSA) is 58.2 Å². The Hall–Kier alpha value is -0.240. The number of hydrogen-bond acceptors (Lipinski definition) is 6. The van der Waals surface area contributed by atoms with E-state index in [2.05, 4.69) is 5.32 Å². The van der Waals surface area contributed by atoms with Gasteiger partial charge in [-0.15, -0.1) is 0 Å². The average Bonchev–Trinajstić information content (AvgIpc) is 2.47. The first kappa shape index (κ1) is 19.8. The van der Waals surface area contributed by atoms with Crippen LogP contribution in [0.3, 0.4) is 0 Å². The molecule has 0 spiro atoms. The van der Waals surface area contributed by atoms with Gasteiger partial charge in [-0.2, -0.15) is 0 Å². The zero-order valence-electron chi connectivity index (χ0n) is 13.0. The van der Waals surface area contributed by atoms with E-state index >= 15 is 0 Å². The average molecular weight is 293 g/mol. The van der Waals surface area contributed by atoms with Crippen molar-refractivity contribution in [3.8, 4) is 0 Å². The summed E-state index contributed by atoms with van der Waals surface area (Å²) < 4.78 is 26.6. The Morgan fingerprint density at radius 2 is 1.05 bits per heavy atom. The summed E-state index contributed by atoms with van der Waals surface area (Å²) >= 11 is 0. The van der Waals surface area contributed by atoms with Gasteiger partial charge in [0.15, 0.2) is 0 Å². The maximum Gasteiger partial charge on any atom is 0.0701 e. The summed E-state index contributed by atoms with van der Waals surface area (Å²) in [6, 6.07) is 0. The third kappa shape index (κ3) is 17.8. The van der Waals surface area contributed by atoms with Gasteiger partial charge in [0.1, 0.15) is 0 Å². The van der Waals surface area contributed by atoms with Crippen LogP contribution < -0.4 is 5.32 Å². The predicted octanol–water partition coefficient (Wildman–Crippen LogP) is 0.699. The van der Waals surface area contributed by atoms with Crippen molar-refractivity contribution >= 4 is 0 Å². The summed E-state index contributed by atoms with van der Waals surface area (Å²) in [5, 5.41) is 3.01. The van der Waals surface area contributed by atoms with E-state index in [0.29, 0.717) is 52.9 Å². The standard InChI is InChI=1S/C14H31NO5/c1-3-16-9-10-17-6-4-7-18-11-13-20-14-12-19-8-5-15-2/h15H,3-14H2,1-2H3. The van der Waals surface area contributed by atoms with Crippen LogP contribution in [0.5, 0.6) is 0 Å². The summed E-state index contributed by atoms with van der Waals surface area (Å²) in [6.45, 7) is 9.54. The second kappa shape index (κ2) is 18.8. The van der Waals surface area contributed by atoms with Crippen LogP contribution in [-0.2, 0) is 23.7 Å². The van der Waals surface area contributed by atoms with Crippen LogP contribution in [-0.4, -0.2) is 79.7 Å². The Bertz CT molecular complexity index is 154. The minimum atomic E-state index is 0.612. The summed E-state index contributed by atoms with van der Waals surface area (Å²) in [5.41, 5.74) is 0. The Balaban J connectivity index is 2.89. The van der Waals surface area contributed by atoms with Crippen molar-refractivity contribution in [1.82, 2.24) is 5.32 Å². The van der Waals surface area contributed by atoms with Gasteiger partial charge in [-0.1, -0.05) is 0 Å². The van der Waals surface area contributed by atoms with Crippen LogP contribution in [0.4, 0.5) is 0 Å². The highest BCUT2D eigenvalue weighted by atomic mass is 16.5. The first-order valence-electron chi connectivity index (χ1n) is 7.45. The zero-order chi connectivity index (χ0) is 14.7. The highest BCUT2D eigenvalue weighted by Crippen LogP contribution is 1.87.